The SMILES string of the molecule is CC.COC(=O)C(C)c1c(C)[nH]c2ccccc12. The maximum absolute atomic E-state index is 11.6. The summed E-state index contributed by atoms with van der Waals surface area (Å²) in [6, 6.07) is 7.98. The van der Waals surface area contributed by atoms with E-state index in [2.05, 4.69) is 4.98 Å². The molecule has 0 radical (unpaired) electrons. The summed E-state index contributed by atoms with van der Waals surface area (Å²) in [5.74, 6) is -0.436. The minimum atomic E-state index is -0.235. The Labute approximate surface area is 108 Å². The normalized spacial score (nSPS) is 11.6. The molecule has 1 aromatic heterocycles. The number of hydrogen-bond donors (Lipinski definition) is 1. The summed E-state index contributed by atoms with van der Waals surface area (Å²) in [7, 11) is 1.42. The molecule has 98 valence electrons. The summed E-state index contributed by atoms with van der Waals surface area (Å²) >= 11 is 0. The number of methoxy groups -OCH3 is 1. The molecule has 0 aliphatic heterocycles. The van der Waals surface area contributed by atoms with Crippen molar-refractivity contribution in [3.05, 3.63) is 35.5 Å². The fourth-order valence-electron chi connectivity index (χ4n) is 2.15. The van der Waals surface area contributed by atoms with Crippen molar-refractivity contribution in [3.8, 4) is 0 Å². The molecule has 0 saturated carbocycles. The standard InChI is InChI=1S/C13H15NO2.C2H6/c1-8(13(15)16-3)12-9(2)14-11-7-5-4-6-10(11)12;1-2/h4-8,14H,1-3H3;1-2H3. The van der Waals surface area contributed by atoms with Gasteiger partial charge in [0.05, 0.1) is 13.0 Å². The highest BCUT2D eigenvalue weighted by atomic mass is 16.5. The van der Waals surface area contributed by atoms with E-state index in [-0.39, 0.29) is 11.9 Å². The highest BCUT2D eigenvalue weighted by Gasteiger charge is 2.21. The molecular formula is C15H21NO2. The second-order valence-electron chi connectivity index (χ2n) is 3.95. The van der Waals surface area contributed by atoms with Crippen LogP contribution in [0.2, 0.25) is 0 Å². The number of fused-ring (bicyclic) bond motifs is 1. The lowest BCUT2D eigenvalue weighted by molar-refractivity contribution is -0.141. The van der Waals surface area contributed by atoms with E-state index in [1.54, 1.807) is 0 Å². The number of ether oxygens (including phenoxy) is 1. The number of nitrogens with one attached hydrogen (secondary N) is 1. The number of rotatable bonds is 2. The predicted molar refractivity (Wildman–Crippen MR) is 74.8 cm³/mol. The average molecular weight is 247 g/mol. The van der Waals surface area contributed by atoms with Gasteiger partial charge in [0.1, 0.15) is 0 Å². The molecule has 0 aliphatic rings. The smallest absolute Gasteiger partial charge is 0.312 e. The number of esters is 1. The van der Waals surface area contributed by atoms with Crippen LogP contribution in [0.5, 0.6) is 0 Å². The van der Waals surface area contributed by atoms with E-state index in [9.17, 15) is 4.79 Å². The molecule has 3 heteroatoms. The molecule has 1 atom stereocenters. The van der Waals surface area contributed by atoms with E-state index < -0.39 is 0 Å². The molecule has 1 aromatic carbocycles. The second-order valence-corrected chi connectivity index (χ2v) is 3.95. The largest absolute Gasteiger partial charge is 0.469 e. The van der Waals surface area contributed by atoms with Crippen LogP contribution in [0.15, 0.2) is 24.3 Å². The van der Waals surface area contributed by atoms with Gasteiger partial charge in [-0.1, -0.05) is 32.0 Å². The summed E-state index contributed by atoms with van der Waals surface area (Å²) in [5, 5.41) is 1.10. The zero-order valence-electron chi connectivity index (χ0n) is 11.7. The van der Waals surface area contributed by atoms with E-state index in [1.165, 1.54) is 7.11 Å². The molecule has 18 heavy (non-hydrogen) atoms. The summed E-state index contributed by atoms with van der Waals surface area (Å²) in [6.45, 7) is 7.85. The molecule has 2 aromatic rings. The van der Waals surface area contributed by atoms with Gasteiger partial charge in [-0.3, -0.25) is 4.79 Å². The number of hydrogen-bond acceptors (Lipinski definition) is 2. The Kier molecular flexibility index (Phi) is 4.95. The van der Waals surface area contributed by atoms with Crippen molar-refractivity contribution in [3.63, 3.8) is 0 Å². The van der Waals surface area contributed by atoms with Crippen LogP contribution in [0.1, 0.15) is 37.9 Å². The van der Waals surface area contributed by atoms with Crippen LogP contribution in [0.3, 0.4) is 0 Å². The van der Waals surface area contributed by atoms with Gasteiger partial charge >= 0.3 is 5.97 Å². The van der Waals surface area contributed by atoms with Crippen LogP contribution < -0.4 is 0 Å². The Morgan fingerprint density at radius 3 is 2.50 bits per heavy atom. The first-order valence-electron chi connectivity index (χ1n) is 6.30. The third-order valence-corrected chi connectivity index (χ3v) is 2.93. The zero-order chi connectivity index (χ0) is 13.7. The Balaban J connectivity index is 0.000000771. The zero-order valence-corrected chi connectivity index (χ0v) is 11.7. The van der Waals surface area contributed by atoms with Gasteiger partial charge in [-0.15, -0.1) is 0 Å². The van der Waals surface area contributed by atoms with Crippen molar-refractivity contribution in [2.24, 2.45) is 0 Å². The number of aromatic nitrogens is 1. The monoisotopic (exact) mass is 247 g/mol. The van der Waals surface area contributed by atoms with Gasteiger partial charge < -0.3 is 9.72 Å². The van der Waals surface area contributed by atoms with Crippen LogP contribution >= 0.6 is 0 Å². The highest BCUT2D eigenvalue weighted by Crippen LogP contribution is 2.29. The van der Waals surface area contributed by atoms with Gasteiger partial charge in [0.25, 0.3) is 0 Å². The molecule has 3 nitrogen and oxygen atoms in total. The second kappa shape index (κ2) is 6.24. The van der Waals surface area contributed by atoms with Gasteiger partial charge in [-0.25, -0.2) is 0 Å². The maximum atomic E-state index is 11.6. The molecule has 0 aliphatic carbocycles. The number of para-hydroxylation sites is 1. The highest BCUT2D eigenvalue weighted by molar-refractivity contribution is 5.90. The van der Waals surface area contributed by atoms with Gasteiger partial charge in [0.2, 0.25) is 0 Å². The first-order valence-corrected chi connectivity index (χ1v) is 6.30. The molecule has 0 fully saturated rings. The summed E-state index contributed by atoms with van der Waals surface area (Å²) in [4.78, 5) is 14.8. The Morgan fingerprint density at radius 1 is 1.28 bits per heavy atom. The van der Waals surface area contributed by atoms with E-state index in [0.29, 0.717) is 0 Å². The Hall–Kier alpha value is -1.77. The molecule has 0 saturated heterocycles. The first kappa shape index (κ1) is 14.3. The third kappa shape index (κ3) is 2.55. The lowest BCUT2D eigenvalue weighted by atomic mass is 9.98. The molecule has 1 heterocycles. The molecule has 0 spiro atoms. The van der Waals surface area contributed by atoms with Crippen LogP contribution in [0.4, 0.5) is 0 Å². The van der Waals surface area contributed by atoms with Crippen LogP contribution in [-0.4, -0.2) is 18.1 Å². The van der Waals surface area contributed by atoms with Gasteiger partial charge in [-0.05, 0) is 25.5 Å². The number of benzene rings is 1. The summed E-state index contributed by atoms with van der Waals surface area (Å²) in [5.41, 5.74) is 3.12. The van der Waals surface area contributed by atoms with Crippen molar-refractivity contribution >= 4 is 16.9 Å². The Bertz CT molecular complexity index is 528. The fraction of sp³-hybridized carbons (Fsp3) is 0.400. The lowest BCUT2D eigenvalue weighted by Crippen LogP contribution is -2.11. The van der Waals surface area contributed by atoms with Crippen LogP contribution in [0, 0.1) is 6.92 Å². The van der Waals surface area contributed by atoms with Gasteiger partial charge in [0.15, 0.2) is 0 Å². The van der Waals surface area contributed by atoms with Crippen LogP contribution in [-0.2, 0) is 9.53 Å². The molecule has 2 rings (SSSR count). The number of H-pyrrole nitrogens is 1. The number of aryl methyl sites for hydroxylation is 1. The maximum Gasteiger partial charge on any atom is 0.312 e. The quantitative estimate of drug-likeness (QED) is 0.821. The van der Waals surface area contributed by atoms with Crippen molar-refractivity contribution < 1.29 is 9.53 Å². The number of carbonyl (C=O) groups excluding carboxylic acids is 1. The molecule has 1 unspecified atom stereocenters. The minimum Gasteiger partial charge on any atom is -0.469 e. The molecular weight excluding hydrogens is 226 g/mol. The lowest BCUT2D eigenvalue weighted by Gasteiger charge is -2.09. The fourth-order valence-corrected chi connectivity index (χ4v) is 2.15. The summed E-state index contributed by atoms with van der Waals surface area (Å²) < 4.78 is 4.79. The topological polar surface area (TPSA) is 42.1 Å². The third-order valence-electron chi connectivity index (χ3n) is 2.93. The average Bonchev–Trinajstić information content (AvgIpc) is 2.75. The van der Waals surface area contributed by atoms with E-state index in [1.807, 2.05) is 52.0 Å². The van der Waals surface area contributed by atoms with E-state index in [4.69, 9.17) is 4.74 Å². The Morgan fingerprint density at radius 2 is 1.89 bits per heavy atom. The predicted octanol–water partition coefficient (Wildman–Crippen LogP) is 3.78. The number of carbonyl (C=O) groups is 1. The number of aromatic amines is 1. The molecule has 0 amide bonds. The van der Waals surface area contributed by atoms with E-state index >= 15 is 0 Å². The summed E-state index contributed by atoms with van der Waals surface area (Å²) in [6.07, 6.45) is 0. The molecule has 0 bridgehead atoms. The van der Waals surface area contributed by atoms with Crippen molar-refractivity contribution in [1.82, 2.24) is 4.98 Å². The minimum absolute atomic E-state index is 0.201. The first-order chi connectivity index (χ1) is 8.65. The van der Waals surface area contributed by atoms with Crippen LogP contribution in [0.25, 0.3) is 10.9 Å². The van der Waals surface area contributed by atoms with Crippen molar-refractivity contribution in [1.29, 1.82) is 0 Å². The molecule has 1 N–H and O–H groups in total. The van der Waals surface area contributed by atoms with Gasteiger partial charge in [0, 0.05) is 16.6 Å². The van der Waals surface area contributed by atoms with E-state index in [0.717, 1.165) is 22.2 Å². The van der Waals surface area contributed by atoms with Gasteiger partial charge in [-0.2, -0.15) is 0 Å². The van der Waals surface area contributed by atoms with Crippen molar-refractivity contribution in [2.45, 2.75) is 33.6 Å². The van der Waals surface area contributed by atoms with Crippen molar-refractivity contribution in [2.75, 3.05) is 7.11 Å².